The first-order chi connectivity index (χ1) is 15.1. The number of rotatable bonds is 9. The number of amides is 1. The van der Waals surface area contributed by atoms with Crippen molar-refractivity contribution in [3.63, 3.8) is 0 Å². The van der Waals surface area contributed by atoms with Crippen LogP contribution in [-0.4, -0.2) is 61.4 Å². The highest BCUT2D eigenvalue weighted by Crippen LogP contribution is 2.24. The van der Waals surface area contributed by atoms with Gasteiger partial charge in [-0.3, -0.25) is 14.7 Å². The minimum Gasteiger partial charge on any atom is -0.356 e. The molecular weight excluding hydrogens is 406 g/mol. The second kappa shape index (κ2) is 11.9. The number of nitrogens with zero attached hydrogens (tertiary/aromatic N) is 3. The first-order valence-electron chi connectivity index (χ1n) is 11.1. The van der Waals surface area contributed by atoms with Gasteiger partial charge < -0.3 is 15.5 Å². The van der Waals surface area contributed by atoms with Gasteiger partial charge in [-0.1, -0.05) is 30.3 Å². The topological polar surface area (TPSA) is 60.0 Å². The van der Waals surface area contributed by atoms with Crippen molar-refractivity contribution in [3.05, 3.63) is 57.8 Å². The van der Waals surface area contributed by atoms with Crippen LogP contribution in [-0.2, 0) is 24.3 Å². The Morgan fingerprint density at radius 1 is 1.23 bits per heavy atom. The van der Waals surface area contributed by atoms with Gasteiger partial charge in [0.1, 0.15) is 0 Å². The van der Waals surface area contributed by atoms with E-state index in [0.717, 1.165) is 45.0 Å². The van der Waals surface area contributed by atoms with Crippen molar-refractivity contribution in [2.75, 3.05) is 33.7 Å². The summed E-state index contributed by atoms with van der Waals surface area (Å²) in [5.74, 6) is 0.959. The molecule has 31 heavy (non-hydrogen) atoms. The quantitative estimate of drug-likeness (QED) is 0.464. The van der Waals surface area contributed by atoms with Gasteiger partial charge >= 0.3 is 0 Å². The predicted octanol–water partition coefficient (Wildman–Crippen LogP) is 3.10. The van der Waals surface area contributed by atoms with E-state index in [9.17, 15) is 4.79 Å². The summed E-state index contributed by atoms with van der Waals surface area (Å²) in [6.07, 6.45) is 2.47. The molecule has 2 N–H and O–H groups in total. The molecule has 2 heterocycles. The summed E-state index contributed by atoms with van der Waals surface area (Å²) in [4.78, 5) is 22.6. The highest BCUT2D eigenvalue weighted by molar-refractivity contribution is 7.10. The Labute approximate surface area is 190 Å². The minimum atomic E-state index is 0.205. The van der Waals surface area contributed by atoms with Crippen LogP contribution in [0.4, 0.5) is 0 Å². The van der Waals surface area contributed by atoms with E-state index < -0.39 is 0 Å². The summed E-state index contributed by atoms with van der Waals surface area (Å²) in [6, 6.07) is 13.1. The van der Waals surface area contributed by atoms with E-state index in [1.54, 1.807) is 18.4 Å². The van der Waals surface area contributed by atoms with Crippen LogP contribution in [0.2, 0.25) is 0 Å². The van der Waals surface area contributed by atoms with Crippen molar-refractivity contribution >= 4 is 23.2 Å². The number of thiophene rings is 1. The Kier molecular flexibility index (Phi) is 8.91. The van der Waals surface area contributed by atoms with Crippen molar-refractivity contribution < 1.29 is 4.79 Å². The van der Waals surface area contributed by atoms with Crippen LogP contribution in [0.5, 0.6) is 0 Å². The standard InChI is InChI=1S/C24H35N5OS/c1-19(28(3)17-20-7-5-4-6-8-20)9-13-26-24(25-2)27-14-10-23(30)29-15-11-22-21(18-29)12-16-31-22/h4-8,12,16,19H,9-11,13-15,17-18H2,1-3H3,(H2,25,26,27). The van der Waals surface area contributed by atoms with E-state index in [2.05, 4.69) is 76.3 Å². The van der Waals surface area contributed by atoms with Crippen LogP contribution >= 0.6 is 11.3 Å². The molecule has 0 aliphatic carbocycles. The summed E-state index contributed by atoms with van der Waals surface area (Å²) in [6.45, 7) is 6.19. The number of aliphatic imine (C=N–C) groups is 1. The van der Waals surface area contributed by atoms with Gasteiger partial charge in [0.15, 0.2) is 5.96 Å². The molecule has 0 spiro atoms. The molecule has 1 unspecified atom stereocenters. The molecule has 1 aromatic carbocycles. The number of hydrogen-bond donors (Lipinski definition) is 2. The van der Waals surface area contributed by atoms with E-state index in [-0.39, 0.29) is 5.91 Å². The normalized spacial score (nSPS) is 15.0. The molecule has 0 radical (unpaired) electrons. The lowest BCUT2D eigenvalue weighted by Crippen LogP contribution is -2.42. The Morgan fingerprint density at radius 2 is 2.00 bits per heavy atom. The molecule has 1 aliphatic heterocycles. The molecule has 0 saturated carbocycles. The maximum atomic E-state index is 12.6. The van der Waals surface area contributed by atoms with E-state index in [1.807, 2.05) is 4.90 Å². The largest absolute Gasteiger partial charge is 0.356 e. The number of hydrogen-bond acceptors (Lipinski definition) is 4. The number of carbonyl (C=O) groups excluding carboxylic acids is 1. The molecule has 1 atom stereocenters. The maximum Gasteiger partial charge on any atom is 0.224 e. The lowest BCUT2D eigenvalue weighted by Gasteiger charge is -2.27. The molecule has 6 nitrogen and oxygen atoms in total. The number of benzene rings is 1. The number of carbonyl (C=O) groups is 1. The highest BCUT2D eigenvalue weighted by Gasteiger charge is 2.21. The van der Waals surface area contributed by atoms with E-state index >= 15 is 0 Å². The Bertz CT molecular complexity index is 851. The van der Waals surface area contributed by atoms with Gasteiger partial charge in [0.05, 0.1) is 0 Å². The Hall–Kier alpha value is -2.38. The SMILES string of the molecule is CN=C(NCCC(=O)N1CCc2sccc2C1)NCCC(C)N(C)Cc1ccccc1. The molecule has 1 aromatic heterocycles. The van der Waals surface area contributed by atoms with Crippen molar-refractivity contribution in [1.82, 2.24) is 20.4 Å². The molecule has 3 rings (SSSR count). The van der Waals surface area contributed by atoms with Crippen molar-refractivity contribution in [2.24, 2.45) is 4.99 Å². The summed E-state index contributed by atoms with van der Waals surface area (Å²) >= 11 is 1.80. The summed E-state index contributed by atoms with van der Waals surface area (Å²) in [5, 5.41) is 8.77. The third-order valence-electron chi connectivity index (χ3n) is 5.90. The predicted molar refractivity (Wildman–Crippen MR) is 129 cm³/mol. The molecule has 7 heteroatoms. The van der Waals surface area contributed by atoms with E-state index in [4.69, 9.17) is 0 Å². The number of fused-ring (bicyclic) bond motifs is 1. The van der Waals surface area contributed by atoms with Crippen LogP contribution < -0.4 is 10.6 Å². The molecule has 0 fully saturated rings. The van der Waals surface area contributed by atoms with Crippen molar-refractivity contribution in [3.8, 4) is 0 Å². The van der Waals surface area contributed by atoms with Gasteiger partial charge in [-0.05, 0) is 49.4 Å². The molecule has 1 amide bonds. The third kappa shape index (κ3) is 7.08. The van der Waals surface area contributed by atoms with Crippen LogP contribution in [0.25, 0.3) is 0 Å². The fourth-order valence-electron chi connectivity index (χ4n) is 3.77. The summed E-state index contributed by atoms with van der Waals surface area (Å²) in [5.41, 5.74) is 2.64. The van der Waals surface area contributed by atoms with Crippen LogP contribution in [0.15, 0.2) is 46.8 Å². The van der Waals surface area contributed by atoms with Crippen LogP contribution in [0.3, 0.4) is 0 Å². The van der Waals surface area contributed by atoms with Gasteiger partial charge in [0.2, 0.25) is 5.91 Å². The lowest BCUT2D eigenvalue weighted by molar-refractivity contribution is -0.131. The van der Waals surface area contributed by atoms with E-state index in [0.29, 0.717) is 19.0 Å². The average molecular weight is 442 g/mol. The highest BCUT2D eigenvalue weighted by atomic mass is 32.1. The number of nitrogens with one attached hydrogen (secondary N) is 2. The zero-order valence-corrected chi connectivity index (χ0v) is 19.8. The fraction of sp³-hybridized carbons (Fsp3) is 0.500. The summed E-state index contributed by atoms with van der Waals surface area (Å²) in [7, 11) is 3.93. The second-order valence-electron chi connectivity index (χ2n) is 8.15. The molecule has 0 bridgehead atoms. The summed E-state index contributed by atoms with van der Waals surface area (Å²) < 4.78 is 0. The van der Waals surface area contributed by atoms with E-state index in [1.165, 1.54) is 16.0 Å². The zero-order chi connectivity index (χ0) is 22.1. The molecule has 1 aliphatic rings. The van der Waals surface area contributed by atoms with Gasteiger partial charge in [-0.15, -0.1) is 11.3 Å². The Morgan fingerprint density at radius 3 is 2.77 bits per heavy atom. The van der Waals surface area contributed by atoms with Crippen LogP contribution in [0.1, 0.15) is 35.8 Å². The average Bonchev–Trinajstić information content (AvgIpc) is 3.26. The first kappa shape index (κ1) is 23.3. The van der Waals surface area contributed by atoms with Crippen LogP contribution in [0, 0.1) is 0 Å². The molecule has 2 aromatic rings. The zero-order valence-electron chi connectivity index (χ0n) is 18.9. The maximum absolute atomic E-state index is 12.6. The fourth-order valence-corrected chi connectivity index (χ4v) is 4.66. The Balaban J connectivity index is 1.32. The second-order valence-corrected chi connectivity index (χ2v) is 9.15. The van der Waals surface area contributed by atoms with Gasteiger partial charge in [0.25, 0.3) is 0 Å². The van der Waals surface area contributed by atoms with Crippen molar-refractivity contribution in [1.29, 1.82) is 0 Å². The monoisotopic (exact) mass is 441 g/mol. The first-order valence-corrected chi connectivity index (χ1v) is 12.0. The van der Waals surface area contributed by atoms with Gasteiger partial charge in [-0.25, -0.2) is 0 Å². The third-order valence-corrected chi connectivity index (χ3v) is 6.92. The molecular formula is C24H35N5OS. The van der Waals surface area contributed by atoms with Gasteiger partial charge in [0, 0.05) is 57.1 Å². The molecule has 168 valence electrons. The lowest BCUT2D eigenvalue weighted by atomic mass is 10.1. The van der Waals surface area contributed by atoms with Crippen molar-refractivity contribution in [2.45, 2.75) is 45.3 Å². The van der Waals surface area contributed by atoms with Gasteiger partial charge in [-0.2, -0.15) is 0 Å². The smallest absolute Gasteiger partial charge is 0.224 e. The molecule has 0 saturated heterocycles. The number of guanidine groups is 1. The minimum absolute atomic E-state index is 0.205.